The molecule has 1 rings (SSSR count). The summed E-state index contributed by atoms with van der Waals surface area (Å²) in [5.74, 6) is 0.825. The molecule has 0 unspecified atom stereocenters. The van der Waals surface area contributed by atoms with Crippen molar-refractivity contribution in [2.24, 2.45) is 4.99 Å². The third-order valence-electron chi connectivity index (χ3n) is 2.28. The summed E-state index contributed by atoms with van der Waals surface area (Å²) in [5, 5.41) is 6.99. The van der Waals surface area contributed by atoms with E-state index in [9.17, 15) is 0 Å². The van der Waals surface area contributed by atoms with Crippen molar-refractivity contribution in [3.05, 3.63) is 34.9 Å². The number of halogens is 1. The van der Waals surface area contributed by atoms with E-state index in [0.717, 1.165) is 30.4 Å². The molecule has 0 bridgehead atoms. The Balaban J connectivity index is 2.26. The Morgan fingerprint density at radius 2 is 2.25 bits per heavy atom. The van der Waals surface area contributed by atoms with E-state index in [0.29, 0.717) is 0 Å². The molecule has 0 aliphatic heterocycles. The van der Waals surface area contributed by atoms with Gasteiger partial charge in [-0.1, -0.05) is 23.7 Å². The number of hydrogen-bond acceptors (Lipinski definition) is 1. The van der Waals surface area contributed by atoms with E-state index >= 15 is 0 Å². The van der Waals surface area contributed by atoms with Crippen molar-refractivity contribution in [2.45, 2.75) is 12.8 Å². The number of hydrogen-bond donors (Lipinski definition) is 2. The van der Waals surface area contributed by atoms with Crippen molar-refractivity contribution < 1.29 is 0 Å². The highest BCUT2D eigenvalue weighted by atomic mass is 35.5. The van der Waals surface area contributed by atoms with Crippen molar-refractivity contribution >= 4 is 17.6 Å². The first-order chi connectivity index (χ1) is 7.76. The molecule has 88 valence electrons. The lowest BCUT2D eigenvalue weighted by Crippen LogP contribution is -2.35. The Hall–Kier alpha value is -1.22. The summed E-state index contributed by atoms with van der Waals surface area (Å²) in [7, 11) is 3.61. The molecule has 0 saturated carbocycles. The monoisotopic (exact) mass is 239 g/mol. The molecular weight excluding hydrogens is 222 g/mol. The summed E-state index contributed by atoms with van der Waals surface area (Å²) in [6.07, 6.45) is 2.08. The van der Waals surface area contributed by atoms with Gasteiger partial charge in [0.2, 0.25) is 0 Å². The zero-order valence-corrected chi connectivity index (χ0v) is 10.5. The number of rotatable bonds is 4. The molecule has 0 amide bonds. The number of nitrogens with one attached hydrogen (secondary N) is 2. The number of aliphatic imine (C=N–C) groups is 1. The molecule has 4 heteroatoms. The summed E-state index contributed by atoms with van der Waals surface area (Å²) in [4.78, 5) is 4.04. The first kappa shape index (κ1) is 12.8. The fraction of sp³-hybridized carbons (Fsp3) is 0.417. The second-order valence-corrected chi connectivity index (χ2v) is 3.92. The molecule has 0 aliphatic rings. The lowest BCUT2D eigenvalue weighted by Gasteiger charge is -2.08. The Bertz CT molecular complexity index is 350. The number of nitrogens with zero attached hydrogens (tertiary/aromatic N) is 1. The highest BCUT2D eigenvalue weighted by Gasteiger charge is 1.96. The van der Waals surface area contributed by atoms with Gasteiger partial charge in [-0.2, -0.15) is 0 Å². The summed E-state index contributed by atoms with van der Waals surface area (Å²) >= 11 is 5.91. The summed E-state index contributed by atoms with van der Waals surface area (Å²) < 4.78 is 0. The van der Waals surface area contributed by atoms with Crippen LogP contribution in [0.2, 0.25) is 5.02 Å². The predicted octanol–water partition coefficient (Wildman–Crippen LogP) is 2.07. The minimum Gasteiger partial charge on any atom is -0.359 e. The molecule has 0 aliphatic carbocycles. The number of guanidine groups is 1. The topological polar surface area (TPSA) is 36.4 Å². The van der Waals surface area contributed by atoms with Crippen LogP contribution in [0.5, 0.6) is 0 Å². The van der Waals surface area contributed by atoms with Gasteiger partial charge in [-0.15, -0.1) is 0 Å². The van der Waals surface area contributed by atoms with Gasteiger partial charge in [-0.3, -0.25) is 4.99 Å². The van der Waals surface area contributed by atoms with Crippen LogP contribution in [0.4, 0.5) is 0 Å². The third-order valence-corrected chi connectivity index (χ3v) is 2.52. The summed E-state index contributed by atoms with van der Waals surface area (Å²) in [5.41, 5.74) is 1.27. The molecule has 0 spiro atoms. The van der Waals surface area contributed by atoms with Gasteiger partial charge in [0.05, 0.1) is 0 Å². The fourth-order valence-corrected chi connectivity index (χ4v) is 1.68. The van der Waals surface area contributed by atoms with E-state index in [4.69, 9.17) is 11.6 Å². The molecule has 0 aromatic heterocycles. The van der Waals surface area contributed by atoms with E-state index in [1.54, 1.807) is 7.05 Å². The lowest BCUT2D eigenvalue weighted by molar-refractivity contribution is 0.758. The van der Waals surface area contributed by atoms with Crippen molar-refractivity contribution in [3.63, 3.8) is 0 Å². The first-order valence-corrected chi connectivity index (χ1v) is 5.77. The Labute approximate surface area is 102 Å². The zero-order chi connectivity index (χ0) is 11.8. The lowest BCUT2D eigenvalue weighted by atomic mass is 10.1. The number of benzene rings is 1. The highest BCUT2D eigenvalue weighted by molar-refractivity contribution is 6.30. The van der Waals surface area contributed by atoms with E-state index in [1.165, 1.54) is 5.56 Å². The molecule has 16 heavy (non-hydrogen) atoms. The van der Waals surface area contributed by atoms with Crippen LogP contribution in [-0.4, -0.2) is 26.6 Å². The quantitative estimate of drug-likeness (QED) is 0.480. The maximum atomic E-state index is 5.91. The molecule has 0 radical (unpaired) electrons. The largest absolute Gasteiger partial charge is 0.359 e. The van der Waals surface area contributed by atoms with Crippen LogP contribution in [0.25, 0.3) is 0 Å². The Morgan fingerprint density at radius 1 is 1.44 bits per heavy atom. The average molecular weight is 240 g/mol. The van der Waals surface area contributed by atoms with Gasteiger partial charge in [-0.25, -0.2) is 0 Å². The van der Waals surface area contributed by atoms with Gasteiger partial charge in [0.15, 0.2) is 5.96 Å². The fourth-order valence-electron chi connectivity index (χ4n) is 1.47. The maximum Gasteiger partial charge on any atom is 0.190 e. The van der Waals surface area contributed by atoms with Crippen molar-refractivity contribution in [2.75, 3.05) is 20.6 Å². The van der Waals surface area contributed by atoms with Crippen molar-refractivity contribution in [1.82, 2.24) is 10.6 Å². The van der Waals surface area contributed by atoms with Crippen LogP contribution in [0.3, 0.4) is 0 Å². The molecule has 2 N–H and O–H groups in total. The van der Waals surface area contributed by atoms with Crippen LogP contribution in [-0.2, 0) is 6.42 Å². The molecule has 1 aromatic rings. The molecule has 0 saturated heterocycles. The van der Waals surface area contributed by atoms with Crippen LogP contribution in [0.1, 0.15) is 12.0 Å². The minimum atomic E-state index is 0.802. The molecule has 0 fully saturated rings. The van der Waals surface area contributed by atoms with Crippen LogP contribution in [0.15, 0.2) is 29.3 Å². The second-order valence-electron chi connectivity index (χ2n) is 3.48. The second kappa shape index (κ2) is 7.12. The standard InChI is InChI=1S/C12H18ClN3/c1-14-12(15-2)16-8-4-6-10-5-3-7-11(13)9-10/h3,5,7,9H,4,6,8H2,1-2H3,(H2,14,15,16). The minimum absolute atomic E-state index is 0.802. The smallest absolute Gasteiger partial charge is 0.190 e. The molecular formula is C12H18ClN3. The summed E-state index contributed by atoms with van der Waals surface area (Å²) in [6.45, 7) is 0.903. The molecule has 0 heterocycles. The van der Waals surface area contributed by atoms with Crippen LogP contribution >= 0.6 is 11.6 Å². The highest BCUT2D eigenvalue weighted by Crippen LogP contribution is 2.11. The number of aryl methyl sites for hydroxylation is 1. The van der Waals surface area contributed by atoms with Gasteiger partial charge >= 0.3 is 0 Å². The van der Waals surface area contributed by atoms with Gasteiger partial charge in [0.1, 0.15) is 0 Å². The van der Waals surface area contributed by atoms with E-state index < -0.39 is 0 Å². The normalized spacial score (nSPS) is 11.3. The summed E-state index contributed by atoms with van der Waals surface area (Å²) in [6, 6.07) is 7.98. The molecule has 1 aromatic carbocycles. The van der Waals surface area contributed by atoms with Gasteiger partial charge in [-0.05, 0) is 30.5 Å². The SMILES string of the molecule is CN=C(NC)NCCCc1cccc(Cl)c1. The van der Waals surface area contributed by atoms with Gasteiger partial charge < -0.3 is 10.6 Å². The Kier molecular flexibility index (Phi) is 5.72. The van der Waals surface area contributed by atoms with Crippen molar-refractivity contribution in [1.29, 1.82) is 0 Å². The van der Waals surface area contributed by atoms with E-state index in [1.807, 2.05) is 25.2 Å². The average Bonchev–Trinajstić information content (AvgIpc) is 2.29. The molecule has 0 atom stereocenters. The van der Waals surface area contributed by atoms with Crippen molar-refractivity contribution in [3.8, 4) is 0 Å². The third kappa shape index (κ3) is 4.53. The van der Waals surface area contributed by atoms with E-state index in [-0.39, 0.29) is 0 Å². The van der Waals surface area contributed by atoms with Gasteiger partial charge in [0, 0.05) is 25.7 Å². The Morgan fingerprint density at radius 3 is 2.88 bits per heavy atom. The predicted molar refractivity (Wildman–Crippen MR) is 70.2 cm³/mol. The van der Waals surface area contributed by atoms with Crippen LogP contribution in [0, 0.1) is 0 Å². The first-order valence-electron chi connectivity index (χ1n) is 5.39. The van der Waals surface area contributed by atoms with Crippen LogP contribution < -0.4 is 10.6 Å². The molecule has 3 nitrogen and oxygen atoms in total. The maximum absolute atomic E-state index is 5.91. The van der Waals surface area contributed by atoms with E-state index in [2.05, 4.69) is 21.7 Å². The van der Waals surface area contributed by atoms with Gasteiger partial charge in [0.25, 0.3) is 0 Å². The zero-order valence-electron chi connectivity index (χ0n) is 9.76.